The van der Waals surface area contributed by atoms with Crippen LogP contribution in [0.1, 0.15) is 16.5 Å². The maximum Gasteiger partial charge on any atom is 0.200 e. The van der Waals surface area contributed by atoms with Gasteiger partial charge in [-0.15, -0.1) is 11.3 Å². The fraction of sp³-hybridized carbons (Fsp3) is 0.167. The number of halogens is 6. The third kappa shape index (κ3) is 2.72. The largest absolute Gasteiger partial charge is 0.323 e. The molecule has 0 aliphatic heterocycles. The molecule has 1 heterocycles. The molecule has 2 rings (SSSR count). The van der Waals surface area contributed by atoms with Crippen LogP contribution in [0.15, 0.2) is 15.9 Å². The highest BCUT2D eigenvalue weighted by Gasteiger charge is 2.29. The van der Waals surface area contributed by atoms with Gasteiger partial charge in [0.15, 0.2) is 23.3 Å². The van der Waals surface area contributed by atoms with Crippen molar-refractivity contribution >= 4 is 27.3 Å². The van der Waals surface area contributed by atoms with Crippen LogP contribution in [0.4, 0.5) is 22.0 Å². The van der Waals surface area contributed by atoms with E-state index in [2.05, 4.69) is 15.9 Å². The molecular formula is C12H7BrF5NS. The van der Waals surface area contributed by atoms with Gasteiger partial charge in [0, 0.05) is 22.9 Å². The van der Waals surface area contributed by atoms with Crippen molar-refractivity contribution in [2.45, 2.75) is 12.5 Å². The van der Waals surface area contributed by atoms with E-state index >= 15 is 0 Å². The zero-order chi connectivity index (χ0) is 15.0. The zero-order valence-electron chi connectivity index (χ0n) is 9.69. The number of thiophene rings is 1. The fourth-order valence-corrected chi connectivity index (χ4v) is 3.27. The van der Waals surface area contributed by atoms with Gasteiger partial charge in [0.25, 0.3) is 0 Å². The molecule has 1 atom stereocenters. The Morgan fingerprint density at radius 2 is 1.45 bits per heavy atom. The summed E-state index contributed by atoms with van der Waals surface area (Å²) < 4.78 is 67.0. The van der Waals surface area contributed by atoms with Crippen LogP contribution in [0, 0.1) is 29.1 Å². The summed E-state index contributed by atoms with van der Waals surface area (Å²) in [7, 11) is 0. The molecule has 0 aliphatic carbocycles. The molecule has 20 heavy (non-hydrogen) atoms. The Hall–Kier alpha value is -0.990. The summed E-state index contributed by atoms with van der Waals surface area (Å²) in [5.41, 5.74) is 4.59. The second-order valence-corrected chi connectivity index (χ2v) is 6.55. The first-order valence-electron chi connectivity index (χ1n) is 5.34. The molecule has 1 unspecified atom stereocenters. The van der Waals surface area contributed by atoms with E-state index in [1.165, 1.54) is 11.3 Å². The Labute approximate surface area is 123 Å². The Bertz CT molecular complexity index is 629. The van der Waals surface area contributed by atoms with Crippen LogP contribution in [-0.4, -0.2) is 0 Å². The summed E-state index contributed by atoms with van der Waals surface area (Å²) in [6, 6.07) is 2.02. The highest BCUT2D eigenvalue weighted by molar-refractivity contribution is 9.11. The standard InChI is InChI=1S/C12H7BrF5NS/c13-6-2-1-4(20-6)3-5(19)7-8(14)10(16)12(18)11(17)9(7)15/h1-2,5H,3,19H2. The van der Waals surface area contributed by atoms with Gasteiger partial charge >= 0.3 is 0 Å². The zero-order valence-corrected chi connectivity index (χ0v) is 12.1. The molecule has 2 aromatic rings. The van der Waals surface area contributed by atoms with E-state index in [-0.39, 0.29) is 6.42 Å². The quantitative estimate of drug-likeness (QED) is 0.481. The molecule has 1 aromatic carbocycles. The van der Waals surface area contributed by atoms with Crippen molar-refractivity contribution in [1.29, 1.82) is 0 Å². The predicted molar refractivity (Wildman–Crippen MR) is 68.9 cm³/mol. The molecule has 1 nitrogen and oxygen atoms in total. The van der Waals surface area contributed by atoms with Crippen LogP contribution in [0.25, 0.3) is 0 Å². The molecule has 0 radical (unpaired) electrons. The number of hydrogen-bond acceptors (Lipinski definition) is 2. The van der Waals surface area contributed by atoms with Crippen LogP contribution >= 0.6 is 27.3 Å². The van der Waals surface area contributed by atoms with Crippen LogP contribution in [0.2, 0.25) is 0 Å². The third-order valence-corrected chi connectivity index (χ3v) is 4.31. The van der Waals surface area contributed by atoms with E-state index in [0.717, 1.165) is 3.79 Å². The van der Waals surface area contributed by atoms with E-state index in [9.17, 15) is 22.0 Å². The van der Waals surface area contributed by atoms with Gasteiger partial charge in [0.05, 0.1) is 3.79 Å². The van der Waals surface area contributed by atoms with Gasteiger partial charge in [-0.25, -0.2) is 22.0 Å². The summed E-state index contributed by atoms with van der Waals surface area (Å²) in [6.07, 6.45) is -0.0331. The average Bonchev–Trinajstić information content (AvgIpc) is 2.79. The van der Waals surface area contributed by atoms with Crippen molar-refractivity contribution in [3.8, 4) is 0 Å². The van der Waals surface area contributed by atoms with Crippen molar-refractivity contribution in [2.75, 3.05) is 0 Å². The van der Waals surface area contributed by atoms with E-state index in [1.54, 1.807) is 12.1 Å². The maximum absolute atomic E-state index is 13.6. The fourth-order valence-electron chi connectivity index (χ4n) is 1.73. The summed E-state index contributed by atoms with van der Waals surface area (Å²) in [6.45, 7) is 0. The monoisotopic (exact) mass is 371 g/mol. The lowest BCUT2D eigenvalue weighted by Gasteiger charge is -2.14. The Balaban J connectivity index is 2.42. The van der Waals surface area contributed by atoms with Gasteiger partial charge in [0.1, 0.15) is 0 Å². The molecule has 0 fully saturated rings. The molecule has 0 aliphatic rings. The SMILES string of the molecule is NC(Cc1ccc(Br)s1)c1c(F)c(F)c(F)c(F)c1F. The van der Waals surface area contributed by atoms with Gasteiger partial charge in [-0.1, -0.05) is 0 Å². The van der Waals surface area contributed by atoms with E-state index < -0.39 is 40.7 Å². The molecule has 2 N–H and O–H groups in total. The van der Waals surface area contributed by atoms with Crippen LogP contribution in [0.3, 0.4) is 0 Å². The summed E-state index contributed by atoms with van der Waals surface area (Å²) in [5, 5.41) is 0. The lowest BCUT2D eigenvalue weighted by Crippen LogP contribution is -2.19. The van der Waals surface area contributed by atoms with Crippen LogP contribution < -0.4 is 5.73 Å². The first kappa shape index (κ1) is 15.4. The van der Waals surface area contributed by atoms with Gasteiger partial charge < -0.3 is 5.73 Å². The van der Waals surface area contributed by atoms with Gasteiger partial charge in [-0.05, 0) is 28.1 Å². The summed E-state index contributed by atoms with van der Waals surface area (Å²) >= 11 is 4.46. The number of rotatable bonds is 3. The Kier molecular flexibility index (Phi) is 4.46. The molecule has 0 bridgehead atoms. The average molecular weight is 372 g/mol. The first-order chi connectivity index (χ1) is 9.32. The predicted octanol–water partition coefficient (Wildman–Crippen LogP) is 4.45. The van der Waals surface area contributed by atoms with Crippen molar-refractivity contribution in [3.63, 3.8) is 0 Å². The minimum absolute atomic E-state index is 0.0331. The van der Waals surface area contributed by atoms with E-state index in [0.29, 0.717) is 4.88 Å². The minimum atomic E-state index is -2.19. The Morgan fingerprint density at radius 3 is 1.90 bits per heavy atom. The third-order valence-electron chi connectivity index (χ3n) is 2.66. The van der Waals surface area contributed by atoms with Crippen molar-refractivity contribution in [1.82, 2.24) is 0 Å². The van der Waals surface area contributed by atoms with Crippen LogP contribution in [0.5, 0.6) is 0 Å². The number of nitrogens with two attached hydrogens (primary N) is 1. The van der Waals surface area contributed by atoms with E-state index in [4.69, 9.17) is 5.73 Å². The molecule has 0 amide bonds. The van der Waals surface area contributed by atoms with Crippen LogP contribution in [-0.2, 0) is 6.42 Å². The summed E-state index contributed by atoms with van der Waals surface area (Å²) in [5.74, 6) is -9.92. The minimum Gasteiger partial charge on any atom is -0.323 e. The molecule has 0 saturated heterocycles. The van der Waals surface area contributed by atoms with Crippen molar-refractivity contribution < 1.29 is 22.0 Å². The molecule has 108 valence electrons. The first-order valence-corrected chi connectivity index (χ1v) is 6.95. The highest BCUT2D eigenvalue weighted by Crippen LogP contribution is 2.30. The highest BCUT2D eigenvalue weighted by atomic mass is 79.9. The molecular weight excluding hydrogens is 365 g/mol. The second-order valence-electron chi connectivity index (χ2n) is 4.00. The van der Waals surface area contributed by atoms with Gasteiger partial charge in [0.2, 0.25) is 5.82 Å². The van der Waals surface area contributed by atoms with Gasteiger partial charge in [-0.3, -0.25) is 0 Å². The Morgan fingerprint density at radius 1 is 0.950 bits per heavy atom. The molecule has 1 aromatic heterocycles. The normalized spacial score (nSPS) is 12.8. The number of hydrogen-bond donors (Lipinski definition) is 1. The smallest absolute Gasteiger partial charge is 0.200 e. The van der Waals surface area contributed by atoms with Gasteiger partial charge in [-0.2, -0.15) is 0 Å². The topological polar surface area (TPSA) is 26.0 Å². The molecule has 0 saturated carbocycles. The van der Waals surface area contributed by atoms with Crippen molar-refractivity contribution in [2.24, 2.45) is 5.73 Å². The molecule has 0 spiro atoms. The lowest BCUT2D eigenvalue weighted by molar-refractivity contribution is 0.364. The number of benzene rings is 1. The molecule has 8 heteroatoms. The summed E-state index contributed by atoms with van der Waals surface area (Å²) in [4.78, 5) is 0.660. The second kappa shape index (κ2) is 5.79. The van der Waals surface area contributed by atoms with Crippen molar-refractivity contribution in [3.05, 3.63) is 55.4 Å². The maximum atomic E-state index is 13.6. The van der Waals surface area contributed by atoms with E-state index in [1.807, 2.05) is 0 Å². The lowest BCUT2D eigenvalue weighted by atomic mass is 10.0.